The van der Waals surface area contributed by atoms with Crippen LogP contribution in [-0.2, 0) is 6.42 Å². The summed E-state index contributed by atoms with van der Waals surface area (Å²) in [6, 6.07) is 66.4. The van der Waals surface area contributed by atoms with Crippen molar-refractivity contribution in [2.75, 3.05) is 0 Å². The van der Waals surface area contributed by atoms with Crippen LogP contribution in [0, 0.1) is 0 Å². The van der Waals surface area contributed by atoms with E-state index in [1.54, 1.807) is 0 Å². The summed E-state index contributed by atoms with van der Waals surface area (Å²) in [4.78, 5) is 0. The average molecular weight is 694 g/mol. The minimum atomic E-state index is 0.617. The fourth-order valence-corrected chi connectivity index (χ4v) is 8.27. The maximum Gasteiger partial charge on any atom is 0.569 e. The van der Waals surface area contributed by atoms with Gasteiger partial charge in [-0.2, -0.15) is 0 Å². The van der Waals surface area contributed by atoms with Crippen LogP contribution in [0.2, 0.25) is 0 Å². The quantitative estimate of drug-likeness (QED) is 0.182. The fourth-order valence-electron chi connectivity index (χ4n) is 8.27. The fraction of sp³-hybridized carbons (Fsp3) is 0.0204. The van der Waals surface area contributed by atoms with Gasteiger partial charge in [0.2, 0.25) is 0 Å². The van der Waals surface area contributed by atoms with Crippen LogP contribution >= 0.6 is 0 Å². The Morgan fingerprint density at radius 3 is 1.57 bits per heavy atom. The monoisotopic (exact) mass is 693 g/mol. The molecule has 8 aromatic carbocycles. The molecule has 10 aromatic rings. The molecule has 0 spiro atoms. The van der Waals surface area contributed by atoms with E-state index in [2.05, 4.69) is 149 Å². The van der Waals surface area contributed by atoms with Crippen molar-refractivity contribution in [3.63, 3.8) is 0 Å². The standard InChI is InChI=1S/C31H21N.C18H13BNO2/c1-2-9-25(10-3-1)32-30-13-7-6-12-28(30)29-20-22(15-17-31(29)32)21-14-16-27-24(18-21)19-23-8-4-5-11-26(23)27;21-19-22-14-10-11-18-16(12-14)15-8-4-5-9-17(15)20(18)13-6-2-1-3-7-13/h1-18,20H,19H2;1-12,21H. The molecule has 0 bridgehead atoms. The van der Waals surface area contributed by atoms with E-state index in [0.717, 1.165) is 33.9 Å². The highest BCUT2D eigenvalue weighted by molar-refractivity contribution is 6.17. The van der Waals surface area contributed by atoms with Crippen molar-refractivity contribution in [3.05, 3.63) is 199 Å². The summed E-state index contributed by atoms with van der Waals surface area (Å²) in [5, 5.41) is 13.7. The first-order chi connectivity index (χ1) is 26.7. The van der Waals surface area contributed by atoms with Gasteiger partial charge in [0.1, 0.15) is 5.75 Å². The largest absolute Gasteiger partial charge is 0.569 e. The van der Waals surface area contributed by atoms with Crippen LogP contribution in [0.4, 0.5) is 0 Å². The molecule has 5 heteroatoms. The number of para-hydroxylation sites is 4. The van der Waals surface area contributed by atoms with Gasteiger partial charge in [0.25, 0.3) is 0 Å². The third-order valence-corrected chi connectivity index (χ3v) is 10.7. The predicted octanol–water partition coefficient (Wildman–Crippen LogP) is 11.7. The topological polar surface area (TPSA) is 39.3 Å². The highest BCUT2D eigenvalue weighted by atomic mass is 16.5. The number of hydrogen-bond acceptors (Lipinski definition) is 2. The van der Waals surface area contributed by atoms with Crippen LogP contribution < -0.4 is 4.65 Å². The minimum absolute atomic E-state index is 0.617. The number of hydrogen-bond donors (Lipinski definition) is 1. The predicted molar refractivity (Wildman–Crippen MR) is 224 cm³/mol. The zero-order chi connectivity index (χ0) is 36.0. The zero-order valence-corrected chi connectivity index (χ0v) is 29.4. The Labute approximate surface area is 314 Å². The lowest BCUT2D eigenvalue weighted by Gasteiger charge is -2.09. The summed E-state index contributed by atoms with van der Waals surface area (Å²) in [5.41, 5.74) is 15.2. The van der Waals surface area contributed by atoms with Crippen LogP contribution in [0.15, 0.2) is 188 Å². The number of benzene rings is 8. The van der Waals surface area contributed by atoms with Crippen LogP contribution in [0.1, 0.15) is 11.1 Å². The second-order valence-corrected chi connectivity index (χ2v) is 13.7. The highest BCUT2D eigenvalue weighted by Crippen LogP contribution is 2.40. The summed E-state index contributed by atoms with van der Waals surface area (Å²) in [6.07, 6.45) is 1.02. The molecule has 1 N–H and O–H groups in total. The molecular weight excluding hydrogens is 659 g/mol. The summed E-state index contributed by atoms with van der Waals surface area (Å²) in [5.74, 6) is 0.617. The second kappa shape index (κ2) is 13.3. The first-order valence-corrected chi connectivity index (χ1v) is 18.3. The lowest BCUT2D eigenvalue weighted by Crippen LogP contribution is -1.99. The molecule has 0 saturated heterocycles. The van der Waals surface area contributed by atoms with Crippen LogP contribution in [0.25, 0.3) is 77.2 Å². The van der Waals surface area contributed by atoms with Crippen molar-refractivity contribution in [3.8, 4) is 39.4 Å². The lowest BCUT2D eigenvalue weighted by atomic mass is 9.98. The molecule has 0 unspecified atom stereocenters. The Bertz CT molecular complexity index is 2980. The van der Waals surface area contributed by atoms with E-state index in [0.29, 0.717) is 13.4 Å². The third-order valence-electron chi connectivity index (χ3n) is 10.7. The molecule has 0 aliphatic heterocycles. The van der Waals surface area contributed by atoms with E-state index in [9.17, 15) is 0 Å². The molecular formula is C49H34BN2O2. The smallest absolute Gasteiger partial charge is 0.537 e. The summed E-state index contributed by atoms with van der Waals surface area (Å²) < 4.78 is 9.70. The molecule has 0 fully saturated rings. The van der Waals surface area contributed by atoms with Gasteiger partial charge >= 0.3 is 7.69 Å². The Hall–Kier alpha value is -6.82. The second-order valence-electron chi connectivity index (χ2n) is 13.7. The van der Waals surface area contributed by atoms with Crippen molar-refractivity contribution in [2.24, 2.45) is 0 Å². The summed E-state index contributed by atoms with van der Waals surface area (Å²) in [7, 11) is 0.706. The Morgan fingerprint density at radius 1 is 0.407 bits per heavy atom. The first-order valence-electron chi connectivity index (χ1n) is 18.3. The van der Waals surface area contributed by atoms with E-state index < -0.39 is 0 Å². The molecule has 1 radical (unpaired) electrons. The molecule has 4 nitrogen and oxygen atoms in total. The van der Waals surface area contributed by atoms with Crippen LogP contribution in [-0.4, -0.2) is 21.8 Å². The molecule has 0 amide bonds. The van der Waals surface area contributed by atoms with E-state index >= 15 is 0 Å². The SMILES string of the molecule is O[B]Oc1ccc2c(c1)c1ccccc1n2-c1ccccc1.c1ccc(-n2c3ccccc3c3cc(-c4ccc5c(c4)Cc4ccccc4-5)ccc32)cc1. The van der Waals surface area contributed by atoms with Gasteiger partial charge in [0.15, 0.2) is 0 Å². The van der Waals surface area contributed by atoms with Gasteiger partial charge in [0, 0.05) is 32.9 Å². The Kier molecular flexibility index (Phi) is 7.86. The van der Waals surface area contributed by atoms with E-state index in [-0.39, 0.29) is 0 Å². The van der Waals surface area contributed by atoms with Crippen molar-refractivity contribution in [1.82, 2.24) is 9.13 Å². The maximum absolute atomic E-state index is 8.84. The van der Waals surface area contributed by atoms with Gasteiger partial charge < -0.3 is 18.8 Å². The molecule has 0 saturated carbocycles. The van der Waals surface area contributed by atoms with Crippen molar-refractivity contribution < 1.29 is 9.68 Å². The zero-order valence-electron chi connectivity index (χ0n) is 29.4. The molecule has 255 valence electrons. The van der Waals surface area contributed by atoms with Crippen molar-refractivity contribution >= 4 is 51.3 Å². The molecule has 1 aliphatic rings. The molecule has 11 rings (SSSR count). The Morgan fingerprint density at radius 2 is 0.907 bits per heavy atom. The molecule has 2 heterocycles. The number of rotatable bonds is 5. The van der Waals surface area contributed by atoms with E-state index in [4.69, 9.17) is 9.68 Å². The number of fused-ring (bicyclic) bond motifs is 9. The van der Waals surface area contributed by atoms with Gasteiger partial charge in [-0.3, -0.25) is 0 Å². The minimum Gasteiger partial charge on any atom is -0.537 e. The Balaban J connectivity index is 0.000000144. The first kappa shape index (κ1) is 31.9. The summed E-state index contributed by atoms with van der Waals surface area (Å²) in [6.45, 7) is 0. The number of aromatic nitrogens is 2. The van der Waals surface area contributed by atoms with Crippen LogP contribution in [0.3, 0.4) is 0 Å². The highest BCUT2D eigenvalue weighted by Gasteiger charge is 2.19. The van der Waals surface area contributed by atoms with Crippen molar-refractivity contribution in [2.45, 2.75) is 6.42 Å². The molecule has 54 heavy (non-hydrogen) atoms. The average Bonchev–Trinajstić information content (AvgIpc) is 3.89. The molecule has 0 atom stereocenters. The number of nitrogens with zero attached hydrogens (tertiary/aromatic N) is 2. The lowest BCUT2D eigenvalue weighted by molar-refractivity contribution is 0.454. The maximum atomic E-state index is 8.84. The third kappa shape index (κ3) is 5.37. The van der Waals surface area contributed by atoms with E-state index in [1.165, 1.54) is 60.9 Å². The molecule has 1 aliphatic carbocycles. The van der Waals surface area contributed by atoms with Gasteiger partial charge in [-0.15, -0.1) is 0 Å². The normalized spacial score (nSPS) is 11.7. The van der Waals surface area contributed by atoms with Crippen LogP contribution in [0.5, 0.6) is 5.75 Å². The van der Waals surface area contributed by atoms with Crippen molar-refractivity contribution in [1.29, 1.82) is 0 Å². The van der Waals surface area contributed by atoms with Gasteiger partial charge in [0.05, 0.1) is 22.1 Å². The van der Waals surface area contributed by atoms with Gasteiger partial charge in [-0.25, -0.2) is 0 Å². The van der Waals surface area contributed by atoms with E-state index in [1.807, 2.05) is 48.5 Å². The summed E-state index contributed by atoms with van der Waals surface area (Å²) >= 11 is 0. The van der Waals surface area contributed by atoms with Gasteiger partial charge in [-0.1, -0.05) is 121 Å². The van der Waals surface area contributed by atoms with Gasteiger partial charge in [-0.05, 0) is 107 Å². The molecule has 2 aromatic heterocycles.